The molecule has 154 valence electrons. The van der Waals surface area contributed by atoms with Crippen LogP contribution in [0.5, 0.6) is 23.0 Å². The fraction of sp³-hybridized carbons (Fsp3) is 0.364. The number of methoxy groups -OCH3 is 3. The maximum atomic E-state index is 12.6. The maximum Gasteiger partial charge on any atom is 0.299 e. The molecule has 0 atom stereocenters. The summed E-state index contributed by atoms with van der Waals surface area (Å²) >= 11 is 0. The van der Waals surface area contributed by atoms with Gasteiger partial charge in [0.15, 0.2) is 11.5 Å². The first kappa shape index (κ1) is 20.5. The largest absolute Gasteiger partial charge is 0.494 e. The van der Waals surface area contributed by atoms with Gasteiger partial charge in [-0.25, -0.2) is 0 Å². The molecule has 0 saturated heterocycles. The molecular weight excluding hydrogens is 374 g/mol. The van der Waals surface area contributed by atoms with Gasteiger partial charge < -0.3 is 23.8 Å². The second-order valence-electron chi connectivity index (χ2n) is 6.69. The van der Waals surface area contributed by atoms with Crippen molar-refractivity contribution in [3.8, 4) is 23.0 Å². The average Bonchev–Trinajstić information content (AvgIpc) is 2.97. The Balaban J connectivity index is 1.69. The van der Waals surface area contributed by atoms with Gasteiger partial charge in [-0.3, -0.25) is 9.59 Å². The molecule has 29 heavy (non-hydrogen) atoms. The summed E-state index contributed by atoms with van der Waals surface area (Å²) in [4.78, 5) is 26.6. The number of aryl methyl sites for hydroxylation is 1. The molecule has 2 aromatic carbocycles. The van der Waals surface area contributed by atoms with Crippen LogP contribution in [-0.2, 0) is 4.79 Å². The monoisotopic (exact) mass is 399 g/mol. The van der Waals surface area contributed by atoms with Gasteiger partial charge in [-0.1, -0.05) is 17.7 Å². The molecule has 0 bridgehead atoms. The summed E-state index contributed by atoms with van der Waals surface area (Å²) in [5, 5.41) is 0. The minimum Gasteiger partial charge on any atom is -0.494 e. The number of unbranched alkanes of at least 4 members (excludes halogenated alkanes) is 1. The number of ketones is 1. The van der Waals surface area contributed by atoms with Gasteiger partial charge >= 0.3 is 0 Å². The SMILES string of the molecule is COc1cc2c(c(OC)c1OC)C(=O)C(=O)N2CCCCOc1ccc(C)cc1. The van der Waals surface area contributed by atoms with Crippen molar-refractivity contribution in [2.45, 2.75) is 19.8 Å². The van der Waals surface area contributed by atoms with E-state index in [1.54, 1.807) is 6.07 Å². The number of hydrogen-bond donors (Lipinski definition) is 0. The van der Waals surface area contributed by atoms with Crippen LogP contribution in [0.2, 0.25) is 0 Å². The third-order valence-corrected chi connectivity index (χ3v) is 4.83. The zero-order chi connectivity index (χ0) is 21.0. The van der Waals surface area contributed by atoms with E-state index in [1.165, 1.54) is 31.8 Å². The Hall–Kier alpha value is -3.22. The standard InChI is InChI=1S/C22H25NO6/c1-14-7-9-15(10-8-14)29-12-6-5-11-23-16-13-17(26-2)20(27-3)21(28-4)18(16)19(24)22(23)25/h7-10,13H,5-6,11-12H2,1-4H3. The molecule has 0 fully saturated rings. The highest BCUT2D eigenvalue weighted by Crippen LogP contribution is 2.48. The van der Waals surface area contributed by atoms with E-state index < -0.39 is 11.7 Å². The number of anilines is 1. The third-order valence-electron chi connectivity index (χ3n) is 4.83. The summed E-state index contributed by atoms with van der Waals surface area (Å²) in [6.45, 7) is 2.95. The molecule has 2 aromatic rings. The normalized spacial score (nSPS) is 12.8. The molecule has 7 nitrogen and oxygen atoms in total. The Bertz CT molecular complexity index is 907. The zero-order valence-electron chi connectivity index (χ0n) is 17.1. The Labute approximate surface area is 170 Å². The van der Waals surface area contributed by atoms with Crippen molar-refractivity contribution in [2.75, 3.05) is 39.4 Å². The van der Waals surface area contributed by atoms with Crippen molar-refractivity contribution in [3.05, 3.63) is 41.5 Å². The lowest BCUT2D eigenvalue weighted by Gasteiger charge is -2.19. The Kier molecular flexibility index (Phi) is 6.26. The number of rotatable bonds is 9. The van der Waals surface area contributed by atoms with Gasteiger partial charge in [0.05, 0.1) is 39.2 Å². The lowest BCUT2D eigenvalue weighted by Crippen LogP contribution is -2.30. The van der Waals surface area contributed by atoms with E-state index in [2.05, 4.69) is 0 Å². The molecule has 0 aromatic heterocycles. The van der Waals surface area contributed by atoms with Crippen molar-refractivity contribution in [2.24, 2.45) is 0 Å². The number of carbonyl (C=O) groups is 2. The highest BCUT2D eigenvalue weighted by atomic mass is 16.5. The van der Waals surface area contributed by atoms with Crippen molar-refractivity contribution < 1.29 is 28.5 Å². The van der Waals surface area contributed by atoms with Gasteiger partial charge in [0.1, 0.15) is 5.75 Å². The summed E-state index contributed by atoms with van der Waals surface area (Å²) in [5.41, 5.74) is 1.87. The van der Waals surface area contributed by atoms with Crippen LogP contribution in [0.4, 0.5) is 5.69 Å². The lowest BCUT2D eigenvalue weighted by atomic mass is 10.1. The fourth-order valence-corrected chi connectivity index (χ4v) is 3.33. The number of fused-ring (bicyclic) bond motifs is 1. The number of Topliss-reactive ketones (excluding diaryl/α,β-unsaturated/α-hetero) is 1. The van der Waals surface area contributed by atoms with Gasteiger partial charge in [0.25, 0.3) is 11.7 Å². The summed E-state index contributed by atoms with van der Waals surface area (Å²) < 4.78 is 21.7. The predicted molar refractivity (Wildman–Crippen MR) is 109 cm³/mol. The molecule has 0 N–H and O–H groups in total. The van der Waals surface area contributed by atoms with E-state index in [0.717, 1.165) is 12.2 Å². The first-order valence-corrected chi connectivity index (χ1v) is 9.40. The second-order valence-corrected chi connectivity index (χ2v) is 6.69. The van der Waals surface area contributed by atoms with E-state index >= 15 is 0 Å². The van der Waals surface area contributed by atoms with Crippen LogP contribution in [0.1, 0.15) is 28.8 Å². The van der Waals surface area contributed by atoms with Gasteiger partial charge in [-0.2, -0.15) is 0 Å². The topological polar surface area (TPSA) is 74.3 Å². The summed E-state index contributed by atoms with van der Waals surface area (Å²) in [6, 6.07) is 9.49. The van der Waals surface area contributed by atoms with Crippen LogP contribution in [0.3, 0.4) is 0 Å². The molecule has 1 aliphatic heterocycles. The molecule has 0 saturated carbocycles. The Morgan fingerprint density at radius 1 is 0.897 bits per heavy atom. The highest BCUT2D eigenvalue weighted by Gasteiger charge is 2.40. The molecule has 0 radical (unpaired) electrons. The molecule has 0 unspecified atom stereocenters. The Morgan fingerprint density at radius 3 is 2.21 bits per heavy atom. The highest BCUT2D eigenvalue weighted by molar-refractivity contribution is 6.53. The number of carbonyl (C=O) groups excluding carboxylic acids is 2. The molecule has 3 rings (SSSR count). The first-order valence-electron chi connectivity index (χ1n) is 9.40. The van der Waals surface area contributed by atoms with Gasteiger partial charge in [-0.15, -0.1) is 0 Å². The molecule has 0 aliphatic carbocycles. The van der Waals surface area contributed by atoms with Crippen LogP contribution < -0.4 is 23.8 Å². The zero-order valence-corrected chi connectivity index (χ0v) is 17.1. The molecule has 0 spiro atoms. The predicted octanol–water partition coefficient (Wildman–Crippen LogP) is 3.41. The summed E-state index contributed by atoms with van der Waals surface area (Å²) in [7, 11) is 4.38. The molecule has 1 aliphatic rings. The lowest BCUT2D eigenvalue weighted by molar-refractivity contribution is -0.114. The van der Waals surface area contributed by atoms with E-state index in [4.69, 9.17) is 18.9 Å². The quantitative estimate of drug-likeness (QED) is 0.475. The molecule has 1 heterocycles. The van der Waals surface area contributed by atoms with Crippen LogP contribution in [0.25, 0.3) is 0 Å². The van der Waals surface area contributed by atoms with Crippen molar-refractivity contribution >= 4 is 17.4 Å². The fourth-order valence-electron chi connectivity index (χ4n) is 3.33. The van der Waals surface area contributed by atoms with E-state index in [0.29, 0.717) is 36.8 Å². The second kappa shape index (κ2) is 8.86. The van der Waals surface area contributed by atoms with Crippen LogP contribution in [0, 0.1) is 6.92 Å². The number of amides is 1. The van der Waals surface area contributed by atoms with Gasteiger partial charge in [0, 0.05) is 12.6 Å². The molecule has 1 amide bonds. The molecular formula is C22H25NO6. The number of nitrogens with zero attached hydrogens (tertiary/aromatic N) is 1. The maximum absolute atomic E-state index is 12.6. The summed E-state index contributed by atoms with van der Waals surface area (Å²) in [5.74, 6) is 0.545. The summed E-state index contributed by atoms with van der Waals surface area (Å²) in [6.07, 6.45) is 1.42. The van der Waals surface area contributed by atoms with Gasteiger partial charge in [0.2, 0.25) is 5.75 Å². The van der Waals surface area contributed by atoms with E-state index in [-0.39, 0.29) is 11.3 Å². The smallest absolute Gasteiger partial charge is 0.299 e. The van der Waals surface area contributed by atoms with Crippen LogP contribution in [-0.4, -0.2) is 46.2 Å². The number of benzene rings is 2. The number of hydrogen-bond acceptors (Lipinski definition) is 6. The van der Waals surface area contributed by atoms with Crippen LogP contribution >= 0.6 is 0 Å². The average molecular weight is 399 g/mol. The van der Waals surface area contributed by atoms with Crippen LogP contribution in [0.15, 0.2) is 30.3 Å². The molecule has 7 heteroatoms. The van der Waals surface area contributed by atoms with E-state index in [9.17, 15) is 9.59 Å². The first-order chi connectivity index (χ1) is 14.0. The third kappa shape index (κ3) is 3.99. The van der Waals surface area contributed by atoms with Crippen molar-refractivity contribution in [3.63, 3.8) is 0 Å². The van der Waals surface area contributed by atoms with Gasteiger partial charge in [-0.05, 0) is 31.9 Å². The minimum atomic E-state index is -0.603. The Morgan fingerprint density at radius 2 is 1.59 bits per heavy atom. The minimum absolute atomic E-state index is 0.213. The van der Waals surface area contributed by atoms with Crippen molar-refractivity contribution in [1.29, 1.82) is 0 Å². The van der Waals surface area contributed by atoms with Crippen molar-refractivity contribution in [1.82, 2.24) is 0 Å². The van der Waals surface area contributed by atoms with E-state index in [1.807, 2.05) is 31.2 Å². The number of ether oxygens (including phenoxy) is 4.